The number of hydrazine groups is 1. The predicted molar refractivity (Wildman–Crippen MR) is 139 cm³/mol. The lowest BCUT2D eigenvalue weighted by atomic mass is 9.84. The van der Waals surface area contributed by atoms with Crippen LogP contribution in [0.25, 0.3) is 0 Å². The lowest BCUT2D eigenvalue weighted by Gasteiger charge is -2.25. The molecule has 2 atom stereocenters. The number of halogens is 1. The average Bonchev–Trinajstić information content (AvgIpc) is 2.97. The van der Waals surface area contributed by atoms with Crippen molar-refractivity contribution in [3.63, 3.8) is 0 Å². The molecule has 0 fully saturated rings. The van der Waals surface area contributed by atoms with Crippen molar-refractivity contribution in [2.45, 2.75) is 45.4 Å². The van der Waals surface area contributed by atoms with Gasteiger partial charge in [0.15, 0.2) is 0 Å². The number of aliphatic carboxylic acids is 1. The Labute approximate surface area is 211 Å². The molecule has 8 heteroatoms. The predicted octanol–water partition coefficient (Wildman–Crippen LogP) is 4.42. The molecule has 2 unspecified atom stereocenters. The van der Waals surface area contributed by atoms with Crippen molar-refractivity contribution in [2.24, 2.45) is 5.84 Å². The Balaban J connectivity index is 1.68. The Morgan fingerprint density at radius 1 is 1.25 bits per heavy atom. The number of benzene rings is 3. The second-order valence-corrected chi connectivity index (χ2v) is 9.53. The van der Waals surface area contributed by atoms with Crippen LogP contribution in [0.1, 0.15) is 47.1 Å². The van der Waals surface area contributed by atoms with Crippen LogP contribution in [0.2, 0.25) is 0 Å². The summed E-state index contributed by atoms with van der Waals surface area (Å²) in [7, 11) is 1.69. The van der Waals surface area contributed by atoms with Crippen LogP contribution in [0.4, 0.5) is 15.8 Å². The third-order valence-electron chi connectivity index (χ3n) is 6.74. The van der Waals surface area contributed by atoms with Crippen LogP contribution in [0, 0.1) is 12.7 Å². The molecule has 190 valence electrons. The molecule has 1 aliphatic heterocycles. The van der Waals surface area contributed by atoms with Crippen LogP contribution in [0.5, 0.6) is 5.75 Å². The molecule has 1 aliphatic rings. The van der Waals surface area contributed by atoms with Crippen molar-refractivity contribution >= 4 is 17.3 Å². The minimum Gasteiger partial charge on any atom is -0.489 e. The van der Waals surface area contributed by atoms with E-state index in [1.54, 1.807) is 25.2 Å². The molecule has 0 saturated heterocycles. The number of carbonyl (C=O) groups is 1. The minimum absolute atomic E-state index is 0.0514. The van der Waals surface area contributed by atoms with Gasteiger partial charge in [0.25, 0.3) is 0 Å². The van der Waals surface area contributed by atoms with Crippen molar-refractivity contribution < 1.29 is 19.0 Å². The SMILES string of the molecule is Cc1c(C(CC(=O)O)c2ccc(F)c(CN3Cc4ccccc4OC(C)C3)c2)ccc(N(C)N)c1N. The number of para-hydroxylation sites is 1. The lowest BCUT2D eigenvalue weighted by Crippen LogP contribution is -2.31. The van der Waals surface area contributed by atoms with E-state index in [0.717, 1.165) is 28.0 Å². The number of carboxylic acids is 1. The molecule has 0 bridgehead atoms. The van der Waals surface area contributed by atoms with Crippen LogP contribution >= 0.6 is 0 Å². The molecular weight excluding hydrogens is 459 g/mol. The number of rotatable bonds is 7. The Bertz CT molecular complexity index is 1260. The minimum atomic E-state index is -0.945. The topological polar surface area (TPSA) is 105 Å². The molecule has 4 rings (SSSR count). The summed E-state index contributed by atoms with van der Waals surface area (Å²) in [6, 6.07) is 16.4. The van der Waals surface area contributed by atoms with Crippen LogP contribution in [0.3, 0.4) is 0 Å². The smallest absolute Gasteiger partial charge is 0.304 e. The van der Waals surface area contributed by atoms with Crippen LogP contribution in [0.15, 0.2) is 54.6 Å². The molecule has 3 aromatic rings. The molecule has 0 saturated carbocycles. The number of nitrogens with zero attached hydrogens (tertiary/aromatic N) is 2. The fourth-order valence-electron chi connectivity index (χ4n) is 4.96. The normalized spacial score (nSPS) is 16.5. The first-order valence-corrected chi connectivity index (χ1v) is 12.0. The van der Waals surface area contributed by atoms with Gasteiger partial charge in [-0.2, -0.15) is 0 Å². The zero-order chi connectivity index (χ0) is 26.0. The Morgan fingerprint density at radius 2 is 2.00 bits per heavy atom. The molecule has 3 aromatic carbocycles. The summed E-state index contributed by atoms with van der Waals surface area (Å²) in [5.74, 6) is 4.97. The molecule has 0 amide bonds. The van der Waals surface area contributed by atoms with Crippen LogP contribution in [-0.2, 0) is 17.9 Å². The van der Waals surface area contributed by atoms with Crippen molar-refractivity contribution in [3.05, 3.63) is 88.2 Å². The van der Waals surface area contributed by atoms with Gasteiger partial charge in [0.1, 0.15) is 17.7 Å². The molecule has 0 radical (unpaired) electrons. The molecular formula is C28H33FN4O3. The van der Waals surface area contributed by atoms with E-state index >= 15 is 4.39 Å². The van der Waals surface area contributed by atoms with Gasteiger partial charge in [-0.25, -0.2) is 10.2 Å². The molecule has 36 heavy (non-hydrogen) atoms. The fraction of sp³-hybridized carbons (Fsp3) is 0.321. The van der Waals surface area contributed by atoms with Crippen molar-refractivity contribution in [1.29, 1.82) is 0 Å². The van der Waals surface area contributed by atoms with Crippen molar-refractivity contribution in [3.8, 4) is 5.75 Å². The first-order chi connectivity index (χ1) is 17.1. The molecule has 1 heterocycles. The number of carboxylic acid groups (broad SMARTS) is 1. The highest BCUT2D eigenvalue weighted by Gasteiger charge is 2.25. The fourth-order valence-corrected chi connectivity index (χ4v) is 4.96. The maximum Gasteiger partial charge on any atom is 0.304 e. The van der Waals surface area contributed by atoms with E-state index in [-0.39, 0.29) is 18.3 Å². The second kappa shape index (κ2) is 10.6. The number of anilines is 2. The van der Waals surface area contributed by atoms with E-state index in [2.05, 4.69) is 4.90 Å². The quantitative estimate of drug-likeness (QED) is 0.255. The monoisotopic (exact) mass is 492 g/mol. The van der Waals surface area contributed by atoms with E-state index < -0.39 is 11.9 Å². The third-order valence-corrected chi connectivity index (χ3v) is 6.74. The van der Waals surface area contributed by atoms with E-state index in [1.807, 2.05) is 44.2 Å². The molecule has 0 aromatic heterocycles. The Kier molecular flexibility index (Phi) is 7.47. The summed E-state index contributed by atoms with van der Waals surface area (Å²) >= 11 is 0. The first-order valence-electron chi connectivity index (χ1n) is 12.0. The first kappa shape index (κ1) is 25.5. The summed E-state index contributed by atoms with van der Waals surface area (Å²) in [5, 5.41) is 11.1. The van der Waals surface area contributed by atoms with Gasteiger partial charge < -0.3 is 20.6 Å². The van der Waals surface area contributed by atoms with Gasteiger partial charge in [0, 0.05) is 43.7 Å². The Morgan fingerprint density at radius 3 is 2.72 bits per heavy atom. The number of ether oxygens (including phenoxy) is 1. The van der Waals surface area contributed by atoms with Gasteiger partial charge in [-0.1, -0.05) is 36.4 Å². The van der Waals surface area contributed by atoms with Gasteiger partial charge in [-0.3, -0.25) is 9.69 Å². The average molecular weight is 493 g/mol. The van der Waals surface area contributed by atoms with Gasteiger partial charge in [-0.05, 0) is 48.7 Å². The summed E-state index contributed by atoms with van der Waals surface area (Å²) in [5.41, 5.74) is 11.3. The molecule has 7 nitrogen and oxygen atoms in total. The third kappa shape index (κ3) is 5.45. The van der Waals surface area contributed by atoms with Crippen molar-refractivity contribution in [1.82, 2.24) is 4.90 Å². The van der Waals surface area contributed by atoms with Gasteiger partial charge >= 0.3 is 5.97 Å². The second-order valence-electron chi connectivity index (χ2n) is 9.53. The summed E-state index contributed by atoms with van der Waals surface area (Å²) in [6.45, 7) is 5.50. The summed E-state index contributed by atoms with van der Waals surface area (Å²) in [4.78, 5) is 14.0. The van der Waals surface area contributed by atoms with E-state index in [9.17, 15) is 9.90 Å². The van der Waals surface area contributed by atoms with Gasteiger partial charge in [0.05, 0.1) is 17.8 Å². The highest BCUT2D eigenvalue weighted by molar-refractivity contribution is 5.74. The standard InChI is InChI=1S/C28H33FN4O3/c1-17-14-33(15-20-6-4-5-7-26(20)36-17)16-21-12-19(8-10-24(21)29)23(13-27(34)35)22-9-11-25(32(3)31)28(30)18(22)2/h4-12,17,23H,13-16,30-31H2,1-3H3,(H,34,35). The van der Waals surface area contributed by atoms with Crippen molar-refractivity contribution in [2.75, 3.05) is 24.3 Å². The van der Waals surface area contributed by atoms with Crippen LogP contribution < -0.4 is 21.3 Å². The maximum absolute atomic E-state index is 15.0. The highest BCUT2D eigenvalue weighted by atomic mass is 19.1. The number of fused-ring (bicyclic) bond motifs is 1. The largest absolute Gasteiger partial charge is 0.489 e. The van der Waals surface area contributed by atoms with E-state index in [1.165, 1.54) is 11.1 Å². The van der Waals surface area contributed by atoms with Crippen LogP contribution in [-0.4, -0.2) is 35.7 Å². The van der Waals surface area contributed by atoms with E-state index in [0.29, 0.717) is 36.6 Å². The van der Waals surface area contributed by atoms with Gasteiger partial charge in [0.2, 0.25) is 0 Å². The van der Waals surface area contributed by atoms with Gasteiger partial charge in [-0.15, -0.1) is 0 Å². The van der Waals surface area contributed by atoms with E-state index in [4.69, 9.17) is 16.3 Å². The summed E-state index contributed by atoms with van der Waals surface area (Å²) in [6.07, 6.45) is -0.199. The zero-order valence-electron chi connectivity index (χ0n) is 20.9. The molecule has 0 spiro atoms. The lowest BCUT2D eigenvalue weighted by molar-refractivity contribution is -0.137. The number of nitrogen functional groups attached to an aromatic ring is 1. The Hall–Kier alpha value is -3.62. The number of hydrogen-bond acceptors (Lipinski definition) is 6. The highest BCUT2D eigenvalue weighted by Crippen LogP contribution is 2.37. The maximum atomic E-state index is 15.0. The summed E-state index contributed by atoms with van der Waals surface area (Å²) < 4.78 is 21.1. The molecule has 0 aliphatic carbocycles. The molecule has 5 N–H and O–H groups in total. The zero-order valence-corrected chi connectivity index (χ0v) is 20.9. The number of hydrogen-bond donors (Lipinski definition) is 3. The number of nitrogens with two attached hydrogens (primary N) is 2.